The van der Waals surface area contributed by atoms with Crippen LogP contribution in [0.5, 0.6) is 0 Å². The number of amides is 1. The molecule has 5 heteroatoms. The summed E-state index contributed by atoms with van der Waals surface area (Å²) in [6.45, 7) is 4.21. The van der Waals surface area contributed by atoms with Gasteiger partial charge in [0, 0.05) is 18.1 Å². The molecule has 0 aliphatic heterocycles. The van der Waals surface area contributed by atoms with Crippen molar-refractivity contribution >= 4 is 22.5 Å². The molecule has 0 radical (unpaired) electrons. The van der Waals surface area contributed by atoms with Gasteiger partial charge in [0.05, 0.1) is 5.52 Å². The molecule has 1 heterocycles. The van der Waals surface area contributed by atoms with E-state index in [4.69, 9.17) is 0 Å². The van der Waals surface area contributed by atoms with E-state index in [0.717, 1.165) is 0 Å². The van der Waals surface area contributed by atoms with Crippen LogP contribution in [0.2, 0.25) is 0 Å². The third-order valence-electron chi connectivity index (χ3n) is 4.01. The zero-order chi connectivity index (χ0) is 17.3. The minimum Gasteiger partial charge on any atom is -0.320 e. The Hall–Kier alpha value is -2.95. The maximum absolute atomic E-state index is 12.5. The molecule has 122 valence electrons. The quantitative estimate of drug-likeness (QED) is 0.805. The largest absolute Gasteiger partial charge is 0.320 e. The van der Waals surface area contributed by atoms with Crippen molar-refractivity contribution in [2.75, 3.05) is 5.32 Å². The Morgan fingerprint density at radius 3 is 2.42 bits per heavy atom. The minimum atomic E-state index is -0.501. The topological polar surface area (TPSA) is 64.0 Å². The van der Waals surface area contributed by atoms with Gasteiger partial charge in [-0.15, -0.1) is 0 Å². The summed E-state index contributed by atoms with van der Waals surface area (Å²) in [5, 5.41) is 7.36. The van der Waals surface area contributed by atoms with E-state index in [1.165, 1.54) is 5.56 Å². The first-order valence-electron chi connectivity index (χ1n) is 7.84. The molecule has 1 N–H and O–H groups in total. The van der Waals surface area contributed by atoms with E-state index < -0.39 is 5.91 Å². The van der Waals surface area contributed by atoms with Gasteiger partial charge in [0.2, 0.25) is 5.43 Å². The first kappa shape index (κ1) is 15.9. The van der Waals surface area contributed by atoms with Crippen LogP contribution in [0.3, 0.4) is 0 Å². The molecule has 0 aliphatic rings. The third-order valence-corrected chi connectivity index (χ3v) is 4.01. The molecule has 1 aromatic heterocycles. The Balaban J connectivity index is 1.94. The molecule has 2 aromatic carbocycles. The van der Waals surface area contributed by atoms with Crippen LogP contribution in [0.15, 0.2) is 53.3 Å². The second kappa shape index (κ2) is 6.28. The summed E-state index contributed by atoms with van der Waals surface area (Å²) in [4.78, 5) is 25.0. The lowest BCUT2D eigenvalue weighted by atomic mass is 10.0. The Kier molecular flexibility index (Phi) is 4.16. The van der Waals surface area contributed by atoms with E-state index in [9.17, 15) is 9.59 Å². The second-order valence-electron chi connectivity index (χ2n) is 6.05. The number of aromatic nitrogens is 2. The van der Waals surface area contributed by atoms with Crippen molar-refractivity contribution in [2.45, 2.75) is 19.8 Å². The Morgan fingerprint density at radius 1 is 1.08 bits per heavy atom. The van der Waals surface area contributed by atoms with Crippen LogP contribution < -0.4 is 10.7 Å². The summed E-state index contributed by atoms with van der Waals surface area (Å²) in [6.07, 6.45) is 0. The molecule has 0 saturated carbocycles. The molecule has 3 rings (SSSR count). The lowest BCUT2D eigenvalue weighted by Gasteiger charge is -2.10. The van der Waals surface area contributed by atoms with Crippen molar-refractivity contribution in [3.8, 4) is 0 Å². The first-order chi connectivity index (χ1) is 11.5. The molecule has 1 amide bonds. The van der Waals surface area contributed by atoms with Gasteiger partial charge in [0.25, 0.3) is 5.91 Å². The maximum atomic E-state index is 12.5. The second-order valence-corrected chi connectivity index (χ2v) is 6.05. The van der Waals surface area contributed by atoms with Crippen molar-refractivity contribution in [1.29, 1.82) is 0 Å². The van der Waals surface area contributed by atoms with Gasteiger partial charge < -0.3 is 5.32 Å². The van der Waals surface area contributed by atoms with E-state index in [0.29, 0.717) is 22.5 Å². The van der Waals surface area contributed by atoms with Crippen LogP contribution in [-0.4, -0.2) is 15.7 Å². The van der Waals surface area contributed by atoms with Gasteiger partial charge in [-0.2, -0.15) is 5.10 Å². The molecule has 0 atom stereocenters. The molecular formula is C19H19N3O2. The van der Waals surface area contributed by atoms with Gasteiger partial charge in [-0.25, -0.2) is 0 Å². The molecule has 3 aromatic rings. The van der Waals surface area contributed by atoms with E-state index in [1.54, 1.807) is 29.9 Å². The Labute approximate surface area is 139 Å². The fraction of sp³-hybridized carbons (Fsp3) is 0.211. The molecule has 0 fully saturated rings. The van der Waals surface area contributed by atoms with Crippen LogP contribution in [0.25, 0.3) is 10.9 Å². The van der Waals surface area contributed by atoms with Crippen molar-refractivity contribution in [2.24, 2.45) is 7.05 Å². The highest BCUT2D eigenvalue weighted by Crippen LogP contribution is 2.17. The average Bonchev–Trinajstić information content (AvgIpc) is 2.58. The van der Waals surface area contributed by atoms with Gasteiger partial charge >= 0.3 is 0 Å². The monoisotopic (exact) mass is 321 g/mol. The summed E-state index contributed by atoms with van der Waals surface area (Å²) in [5.41, 5.74) is 2.05. The van der Waals surface area contributed by atoms with Gasteiger partial charge in [-0.05, 0) is 35.7 Å². The Morgan fingerprint density at radius 2 is 1.75 bits per heavy atom. The minimum absolute atomic E-state index is 0.107. The summed E-state index contributed by atoms with van der Waals surface area (Å²) in [6, 6.07) is 14.7. The third kappa shape index (κ3) is 2.93. The van der Waals surface area contributed by atoms with Gasteiger partial charge in [-0.3, -0.25) is 14.3 Å². The fourth-order valence-electron chi connectivity index (χ4n) is 2.61. The molecule has 0 saturated heterocycles. The smallest absolute Gasteiger partial charge is 0.280 e. The highest BCUT2D eigenvalue weighted by Gasteiger charge is 2.16. The van der Waals surface area contributed by atoms with Crippen molar-refractivity contribution < 1.29 is 4.79 Å². The molecule has 0 aliphatic carbocycles. The number of aryl methyl sites for hydroxylation is 1. The van der Waals surface area contributed by atoms with Crippen LogP contribution >= 0.6 is 0 Å². The van der Waals surface area contributed by atoms with Crippen molar-refractivity contribution in [3.05, 3.63) is 70.0 Å². The highest BCUT2D eigenvalue weighted by molar-refractivity contribution is 6.04. The number of hydrogen-bond donors (Lipinski definition) is 1. The number of nitrogens with zero attached hydrogens (tertiary/aromatic N) is 2. The van der Waals surface area contributed by atoms with Crippen LogP contribution in [0, 0.1) is 0 Å². The highest BCUT2D eigenvalue weighted by atomic mass is 16.2. The summed E-state index contributed by atoms with van der Waals surface area (Å²) >= 11 is 0. The normalized spacial score (nSPS) is 11.0. The van der Waals surface area contributed by atoms with Gasteiger partial charge in [0.15, 0.2) is 5.69 Å². The number of carbonyl (C=O) groups excluding carboxylic acids is 1. The summed E-state index contributed by atoms with van der Waals surface area (Å²) < 4.78 is 1.55. The molecule has 0 bridgehead atoms. The summed E-state index contributed by atoms with van der Waals surface area (Å²) in [7, 11) is 1.72. The number of anilines is 1. The molecular weight excluding hydrogens is 302 g/mol. The Bertz CT molecular complexity index is 957. The average molecular weight is 321 g/mol. The van der Waals surface area contributed by atoms with Gasteiger partial charge in [-0.1, -0.05) is 38.1 Å². The summed E-state index contributed by atoms with van der Waals surface area (Å²) in [5.74, 6) is -0.0807. The van der Waals surface area contributed by atoms with Gasteiger partial charge in [0.1, 0.15) is 0 Å². The predicted octanol–water partition coefficient (Wildman–Crippen LogP) is 3.31. The van der Waals surface area contributed by atoms with Crippen LogP contribution in [0.1, 0.15) is 35.8 Å². The maximum Gasteiger partial charge on any atom is 0.280 e. The fourth-order valence-corrected chi connectivity index (χ4v) is 2.61. The number of fused-ring (bicyclic) bond motifs is 1. The zero-order valence-electron chi connectivity index (χ0n) is 13.9. The van der Waals surface area contributed by atoms with Crippen LogP contribution in [0.4, 0.5) is 5.69 Å². The SMILES string of the molecule is CC(C)c1ccc(NC(=O)c2nn(C)c3ccccc3c2=O)cc1. The molecule has 0 spiro atoms. The molecule has 24 heavy (non-hydrogen) atoms. The number of carbonyl (C=O) groups is 1. The lowest BCUT2D eigenvalue weighted by Crippen LogP contribution is -2.26. The van der Waals surface area contributed by atoms with E-state index in [2.05, 4.69) is 24.3 Å². The first-order valence-corrected chi connectivity index (χ1v) is 7.84. The number of benzene rings is 2. The molecule has 5 nitrogen and oxygen atoms in total. The predicted molar refractivity (Wildman–Crippen MR) is 95.5 cm³/mol. The number of para-hydroxylation sites is 1. The molecule has 0 unspecified atom stereocenters. The van der Waals surface area contributed by atoms with Crippen molar-refractivity contribution in [1.82, 2.24) is 9.78 Å². The van der Waals surface area contributed by atoms with Crippen LogP contribution in [-0.2, 0) is 7.05 Å². The standard InChI is InChI=1S/C19H19N3O2/c1-12(2)13-8-10-14(11-9-13)20-19(24)17-18(23)15-6-4-5-7-16(15)22(3)21-17/h4-12H,1-3H3,(H,20,24). The number of nitrogens with one attached hydrogen (secondary N) is 1. The number of hydrogen-bond acceptors (Lipinski definition) is 3. The van der Waals surface area contributed by atoms with E-state index >= 15 is 0 Å². The lowest BCUT2D eigenvalue weighted by molar-refractivity contribution is 0.101. The number of rotatable bonds is 3. The zero-order valence-corrected chi connectivity index (χ0v) is 13.9. The van der Waals surface area contributed by atoms with E-state index in [1.807, 2.05) is 30.3 Å². The van der Waals surface area contributed by atoms with Crippen molar-refractivity contribution in [3.63, 3.8) is 0 Å². The van der Waals surface area contributed by atoms with E-state index in [-0.39, 0.29) is 11.1 Å².